The van der Waals surface area contributed by atoms with Crippen molar-refractivity contribution in [3.63, 3.8) is 0 Å². The molecule has 3 atom stereocenters. The Kier molecular flexibility index (Phi) is 64.8. The van der Waals surface area contributed by atoms with E-state index >= 15 is 0 Å². The number of nitrogens with zero attached hydrogens (tertiary/aromatic N) is 1. The number of hydrogen-bond donors (Lipinski definition) is 2. The molecule has 0 aromatic carbocycles. The number of allylic oxidation sites excluding steroid dienone is 11. The lowest BCUT2D eigenvalue weighted by Crippen LogP contribution is -2.45. The number of phosphoric ester groups is 1. The van der Waals surface area contributed by atoms with Gasteiger partial charge in [0.1, 0.15) is 13.2 Å². The number of amides is 1. The van der Waals surface area contributed by atoms with Crippen LogP contribution in [-0.4, -0.2) is 68.5 Å². The largest absolute Gasteiger partial charge is 0.756 e. The first-order valence-corrected chi connectivity index (χ1v) is 38.3. The van der Waals surface area contributed by atoms with E-state index in [2.05, 4.69) is 79.9 Å². The number of unbranched alkanes of at least 4 members (excludes halogenated alkanes) is 45. The molecule has 85 heavy (non-hydrogen) atoms. The molecule has 0 aliphatic carbocycles. The standard InChI is InChI=1S/C76H143N2O6P/c1-6-8-10-12-14-16-18-20-22-24-26-28-30-32-33-34-35-36-37-38-39-40-41-42-43-44-45-46-48-50-52-54-56-58-60-62-64-66-68-70-76(80)77-74(73-84-85(81,82)83-72-71-78(3,4)5)75(79)69-67-65-63-61-59-57-55-53-51-49-47-31-29-27-25-23-21-19-17-15-13-11-9-7-2/h8,10,14,16,20,22,26,28,32-33,67,69,74-75,79H,6-7,9,11-13,15,17-19,21,23-25,27,29-31,34-66,68,70-73H2,1-5H3,(H-,77,80,81,82)/b10-8-,16-14-,22-20-,28-26-,33-32-,69-67+. The van der Waals surface area contributed by atoms with E-state index in [1.165, 1.54) is 263 Å². The fraction of sp³-hybridized carbons (Fsp3) is 0.829. The molecular weight excluding hydrogens is 1070 g/mol. The quantitative estimate of drug-likeness (QED) is 0.0272. The monoisotopic (exact) mass is 1210 g/mol. The lowest BCUT2D eigenvalue weighted by molar-refractivity contribution is -0.870. The van der Waals surface area contributed by atoms with Crippen LogP contribution >= 0.6 is 7.82 Å². The minimum atomic E-state index is -4.60. The molecule has 0 bridgehead atoms. The highest BCUT2D eigenvalue weighted by molar-refractivity contribution is 7.45. The first-order chi connectivity index (χ1) is 41.5. The summed E-state index contributed by atoms with van der Waals surface area (Å²) in [5, 5.41) is 14.0. The van der Waals surface area contributed by atoms with Gasteiger partial charge < -0.3 is 28.8 Å². The molecule has 8 nitrogen and oxygen atoms in total. The average Bonchev–Trinajstić information content (AvgIpc) is 3.49. The number of nitrogens with one attached hydrogen (secondary N) is 1. The van der Waals surface area contributed by atoms with Crippen LogP contribution in [-0.2, 0) is 18.4 Å². The zero-order valence-electron chi connectivity index (χ0n) is 57.1. The topological polar surface area (TPSA) is 108 Å². The molecule has 0 radical (unpaired) electrons. The van der Waals surface area contributed by atoms with Crippen molar-refractivity contribution in [3.05, 3.63) is 72.9 Å². The first-order valence-electron chi connectivity index (χ1n) is 36.8. The Morgan fingerprint density at radius 3 is 1.05 bits per heavy atom. The SMILES string of the molecule is CC/C=C\C/C=C\C/C=C\C/C=C\C/C=C\CCCCCCCCCCCCCCCCCCCCCCCCCC(=O)NC(COP(=O)([O-])OCC[N+](C)(C)C)C(O)/C=C/CCCCCCCCCCCCCCCCCCCCCCCC. The van der Waals surface area contributed by atoms with Crippen molar-refractivity contribution < 1.29 is 32.9 Å². The number of hydrogen-bond acceptors (Lipinski definition) is 6. The summed E-state index contributed by atoms with van der Waals surface area (Å²) in [6.07, 6.45) is 93.2. The van der Waals surface area contributed by atoms with E-state index in [0.29, 0.717) is 17.4 Å². The van der Waals surface area contributed by atoms with Crippen LogP contribution < -0.4 is 10.2 Å². The number of likely N-dealkylation sites (N-methyl/N-ethyl adjacent to an activating group) is 1. The predicted octanol–water partition coefficient (Wildman–Crippen LogP) is 23.1. The molecule has 0 aliphatic heterocycles. The second-order valence-corrected chi connectivity index (χ2v) is 27.7. The molecule has 0 fully saturated rings. The predicted molar refractivity (Wildman–Crippen MR) is 371 cm³/mol. The van der Waals surface area contributed by atoms with E-state index in [1.807, 2.05) is 27.2 Å². The highest BCUT2D eigenvalue weighted by Crippen LogP contribution is 2.38. The number of carbonyl (C=O) groups is 1. The molecule has 0 saturated carbocycles. The van der Waals surface area contributed by atoms with Crippen LogP contribution in [0.1, 0.15) is 354 Å². The lowest BCUT2D eigenvalue weighted by Gasteiger charge is -2.29. The minimum Gasteiger partial charge on any atom is -0.756 e. The van der Waals surface area contributed by atoms with Crippen molar-refractivity contribution >= 4 is 13.7 Å². The summed E-state index contributed by atoms with van der Waals surface area (Å²) in [7, 11) is 1.28. The Morgan fingerprint density at radius 1 is 0.424 bits per heavy atom. The molecule has 0 aliphatic rings. The van der Waals surface area contributed by atoms with Crippen LogP contribution in [0.15, 0.2) is 72.9 Å². The fourth-order valence-electron chi connectivity index (χ4n) is 11.0. The van der Waals surface area contributed by atoms with Gasteiger partial charge >= 0.3 is 0 Å². The minimum absolute atomic E-state index is 0.0000907. The van der Waals surface area contributed by atoms with Gasteiger partial charge in [-0.25, -0.2) is 0 Å². The maximum absolute atomic E-state index is 13.1. The molecule has 498 valence electrons. The molecule has 0 heterocycles. The number of carbonyl (C=O) groups excluding carboxylic acids is 1. The zero-order valence-corrected chi connectivity index (χ0v) is 58.0. The smallest absolute Gasteiger partial charge is 0.268 e. The molecule has 1 amide bonds. The third kappa shape index (κ3) is 69.3. The molecule has 3 unspecified atom stereocenters. The van der Waals surface area contributed by atoms with E-state index in [-0.39, 0.29) is 19.1 Å². The number of phosphoric acid groups is 1. The summed E-state index contributed by atoms with van der Waals surface area (Å²) >= 11 is 0. The van der Waals surface area contributed by atoms with Crippen LogP contribution in [0.3, 0.4) is 0 Å². The normalized spacial score (nSPS) is 14.0. The van der Waals surface area contributed by atoms with Gasteiger partial charge in [-0.2, -0.15) is 0 Å². The Balaban J connectivity index is 3.97. The van der Waals surface area contributed by atoms with Crippen molar-refractivity contribution in [1.82, 2.24) is 5.32 Å². The Bertz CT molecular complexity index is 1620. The van der Waals surface area contributed by atoms with Gasteiger partial charge in [-0.1, -0.05) is 356 Å². The van der Waals surface area contributed by atoms with Crippen LogP contribution in [0.2, 0.25) is 0 Å². The third-order valence-electron chi connectivity index (χ3n) is 16.7. The summed E-state index contributed by atoms with van der Waals surface area (Å²) in [5.41, 5.74) is 0. The van der Waals surface area contributed by atoms with Crippen LogP contribution in [0.4, 0.5) is 0 Å². The summed E-state index contributed by atoms with van der Waals surface area (Å²) in [4.78, 5) is 25.7. The van der Waals surface area contributed by atoms with E-state index in [4.69, 9.17) is 9.05 Å². The fourth-order valence-corrected chi connectivity index (χ4v) is 11.7. The van der Waals surface area contributed by atoms with Gasteiger partial charge in [-0.3, -0.25) is 9.36 Å². The van der Waals surface area contributed by atoms with Crippen molar-refractivity contribution in [1.29, 1.82) is 0 Å². The Labute approximate surface area is 529 Å². The zero-order chi connectivity index (χ0) is 61.9. The molecular formula is C76H143N2O6P. The highest BCUT2D eigenvalue weighted by atomic mass is 31.2. The lowest BCUT2D eigenvalue weighted by atomic mass is 10.0. The second-order valence-electron chi connectivity index (χ2n) is 26.3. The first kappa shape index (κ1) is 82.9. The van der Waals surface area contributed by atoms with Crippen molar-refractivity contribution in [2.24, 2.45) is 0 Å². The second kappa shape index (κ2) is 66.4. The van der Waals surface area contributed by atoms with E-state index in [0.717, 1.165) is 70.6 Å². The van der Waals surface area contributed by atoms with Gasteiger partial charge in [0.2, 0.25) is 5.91 Å². The maximum atomic E-state index is 13.1. The van der Waals surface area contributed by atoms with Crippen molar-refractivity contribution in [3.8, 4) is 0 Å². The number of aliphatic hydroxyl groups is 1. The Hall–Kier alpha value is -2.06. The molecule has 2 N–H and O–H groups in total. The van der Waals surface area contributed by atoms with Gasteiger partial charge in [0.15, 0.2) is 0 Å². The third-order valence-corrected chi connectivity index (χ3v) is 17.6. The Morgan fingerprint density at radius 2 is 0.718 bits per heavy atom. The van der Waals surface area contributed by atoms with Crippen LogP contribution in [0, 0.1) is 0 Å². The van der Waals surface area contributed by atoms with Crippen molar-refractivity contribution in [2.45, 2.75) is 366 Å². The van der Waals surface area contributed by atoms with Gasteiger partial charge in [0.25, 0.3) is 7.82 Å². The average molecular weight is 1210 g/mol. The summed E-state index contributed by atoms with van der Waals surface area (Å²) in [5.74, 6) is -0.191. The molecule has 0 spiro atoms. The van der Waals surface area contributed by atoms with Gasteiger partial charge in [0.05, 0.1) is 39.9 Å². The molecule has 0 rings (SSSR count). The molecule has 0 aromatic heterocycles. The van der Waals surface area contributed by atoms with Gasteiger partial charge in [0, 0.05) is 6.42 Å². The molecule has 0 aromatic rings. The van der Waals surface area contributed by atoms with Crippen LogP contribution in [0.25, 0.3) is 0 Å². The van der Waals surface area contributed by atoms with E-state index in [1.54, 1.807) is 6.08 Å². The summed E-state index contributed by atoms with van der Waals surface area (Å²) < 4.78 is 23.5. The highest BCUT2D eigenvalue weighted by Gasteiger charge is 2.23. The number of quaternary nitrogens is 1. The molecule has 0 saturated heterocycles. The number of rotatable bonds is 68. The number of aliphatic hydroxyl groups excluding tert-OH is 1. The van der Waals surface area contributed by atoms with E-state index < -0.39 is 20.0 Å². The maximum Gasteiger partial charge on any atom is 0.268 e. The van der Waals surface area contributed by atoms with E-state index in [9.17, 15) is 19.4 Å². The van der Waals surface area contributed by atoms with Crippen LogP contribution in [0.5, 0.6) is 0 Å². The van der Waals surface area contributed by atoms with Gasteiger partial charge in [-0.15, -0.1) is 0 Å². The molecule has 9 heteroatoms. The summed E-state index contributed by atoms with van der Waals surface area (Å²) in [6.45, 7) is 4.58. The van der Waals surface area contributed by atoms with Gasteiger partial charge in [-0.05, 0) is 64.2 Å². The summed E-state index contributed by atoms with van der Waals surface area (Å²) in [6, 6.07) is -0.888. The van der Waals surface area contributed by atoms with Crippen molar-refractivity contribution in [2.75, 3.05) is 40.9 Å².